The van der Waals surface area contributed by atoms with E-state index in [0.717, 1.165) is 16.2 Å². The first kappa shape index (κ1) is 21.3. The minimum atomic E-state index is -0.828. The predicted molar refractivity (Wildman–Crippen MR) is 122 cm³/mol. The van der Waals surface area contributed by atoms with E-state index in [0.29, 0.717) is 16.7 Å². The summed E-state index contributed by atoms with van der Waals surface area (Å²) < 4.78 is 10.9. The lowest BCUT2D eigenvalue weighted by Gasteiger charge is -2.21. The average molecular weight is 429 g/mol. The van der Waals surface area contributed by atoms with E-state index >= 15 is 0 Å². The molecule has 4 rings (SSSR count). The molecule has 1 atom stereocenters. The molecule has 32 heavy (non-hydrogen) atoms. The highest BCUT2D eigenvalue weighted by atomic mass is 16.5. The molecule has 6 heteroatoms. The van der Waals surface area contributed by atoms with Crippen LogP contribution in [-0.4, -0.2) is 17.9 Å². The Bertz CT molecular complexity index is 1340. The van der Waals surface area contributed by atoms with E-state index in [1.54, 1.807) is 30.3 Å². The summed E-state index contributed by atoms with van der Waals surface area (Å²) in [6, 6.07) is 20.5. The van der Waals surface area contributed by atoms with Gasteiger partial charge in [0.1, 0.15) is 18.2 Å². The Morgan fingerprint density at radius 2 is 1.69 bits per heavy atom. The van der Waals surface area contributed by atoms with Gasteiger partial charge in [-0.15, -0.1) is 0 Å². The van der Waals surface area contributed by atoms with Crippen molar-refractivity contribution in [1.29, 1.82) is 0 Å². The normalized spacial score (nSPS) is 12.1. The molecule has 4 aromatic rings. The van der Waals surface area contributed by atoms with Crippen LogP contribution in [0.5, 0.6) is 0 Å². The lowest BCUT2D eigenvalue weighted by atomic mass is 10.0. The third-order valence-electron chi connectivity index (χ3n) is 5.33. The first-order valence-corrected chi connectivity index (χ1v) is 10.4. The quantitative estimate of drug-likeness (QED) is 0.278. The van der Waals surface area contributed by atoms with Gasteiger partial charge in [0.25, 0.3) is 5.91 Å². The molecular weight excluding hydrogens is 406 g/mol. The number of carbonyl (C=O) groups is 2. The summed E-state index contributed by atoms with van der Waals surface area (Å²) in [5.74, 6) is -1.10. The van der Waals surface area contributed by atoms with Crippen molar-refractivity contribution in [3.8, 4) is 0 Å². The van der Waals surface area contributed by atoms with E-state index in [1.165, 1.54) is 6.07 Å². The van der Waals surface area contributed by atoms with Crippen molar-refractivity contribution >= 4 is 33.6 Å². The second-order valence-corrected chi connectivity index (χ2v) is 7.92. The van der Waals surface area contributed by atoms with Gasteiger partial charge in [-0.3, -0.25) is 4.79 Å². The molecule has 0 saturated carbocycles. The highest BCUT2D eigenvalue weighted by Crippen LogP contribution is 2.28. The summed E-state index contributed by atoms with van der Waals surface area (Å²) in [5, 5.41) is 5.36. The molecule has 0 bridgehead atoms. The van der Waals surface area contributed by atoms with Crippen molar-refractivity contribution in [3.05, 3.63) is 94.3 Å². The fraction of sp³-hybridized carbons (Fsp3) is 0.192. The Morgan fingerprint density at radius 3 is 2.44 bits per heavy atom. The van der Waals surface area contributed by atoms with Crippen molar-refractivity contribution in [1.82, 2.24) is 5.32 Å². The van der Waals surface area contributed by atoms with Crippen LogP contribution in [0.25, 0.3) is 21.7 Å². The van der Waals surface area contributed by atoms with Gasteiger partial charge < -0.3 is 14.5 Å². The SMILES string of the molecule is CC(C)C(NC(=O)c1ccccc1)C(=O)OCc1cc(=O)oc2ccc3ccccc3c12. The van der Waals surface area contributed by atoms with Crippen molar-refractivity contribution in [3.63, 3.8) is 0 Å². The average Bonchev–Trinajstić information content (AvgIpc) is 2.80. The molecule has 1 heterocycles. The van der Waals surface area contributed by atoms with E-state index in [1.807, 2.05) is 50.2 Å². The minimum absolute atomic E-state index is 0.112. The molecule has 0 aliphatic heterocycles. The molecule has 0 fully saturated rings. The highest BCUT2D eigenvalue weighted by Gasteiger charge is 2.26. The molecule has 1 amide bonds. The Labute approximate surface area is 184 Å². The molecule has 1 unspecified atom stereocenters. The number of ether oxygens (including phenoxy) is 1. The number of nitrogens with one attached hydrogen (secondary N) is 1. The summed E-state index contributed by atoms with van der Waals surface area (Å²) in [6.45, 7) is 3.55. The van der Waals surface area contributed by atoms with E-state index in [4.69, 9.17) is 9.15 Å². The smallest absolute Gasteiger partial charge is 0.336 e. The van der Waals surface area contributed by atoms with Crippen LogP contribution in [0.3, 0.4) is 0 Å². The maximum atomic E-state index is 12.9. The maximum Gasteiger partial charge on any atom is 0.336 e. The monoisotopic (exact) mass is 429 g/mol. The van der Waals surface area contributed by atoms with Crippen LogP contribution in [0.1, 0.15) is 29.8 Å². The summed E-state index contributed by atoms with van der Waals surface area (Å²) in [4.78, 5) is 37.5. The topological polar surface area (TPSA) is 85.6 Å². The molecule has 3 aromatic carbocycles. The van der Waals surface area contributed by atoms with E-state index in [9.17, 15) is 14.4 Å². The molecule has 6 nitrogen and oxygen atoms in total. The van der Waals surface area contributed by atoms with Crippen LogP contribution in [0.15, 0.2) is 82.0 Å². The van der Waals surface area contributed by atoms with Crippen LogP contribution in [0, 0.1) is 5.92 Å². The van der Waals surface area contributed by atoms with Crippen molar-refractivity contribution in [2.45, 2.75) is 26.5 Å². The number of hydrogen-bond donors (Lipinski definition) is 1. The fourth-order valence-corrected chi connectivity index (χ4v) is 3.68. The van der Waals surface area contributed by atoms with Crippen LogP contribution < -0.4 is 10.9 Å². The number of esters is 1. The first-order valence-electron chi connectivity index (χ1n) is 10.4. The van der Waals surface area contributed by atoms with Gasteiger partial charge in [0.15, 0.2) is 0 Å². The minimum Gasteiger partial charge on any atom is -0.459 e. The zero-order valence-corrected chi connectivity index (χ0v) is 17.8. The Hall–Kier alpha value is -3.93. The number of fused-ring (bicyclic) bond motifs is 3. The molecule has 0 spiro atoms. The molecule has 0 aliphatic rings. The lowest BCUT2D eigenvalue weighted by Crippen LogP contribution is -2.45. The zero-order chi connectivity index (χ0) is 22.7. The third-order valence-corrected chi connectivity index (χ3v) is 5.33. The van der Waals surface area contributed by atoms with Crippen molar-refractivity contribution in [2.24, 2.45) is 5.92 Å². The van der Waals surface area contributed by atoms with Gasteiger partial charge in [-0.2, -0.15) is 0 Å². The largest absolute Gasteiger partial charge is 0.459 e. The van der Waals surface area contributed by atoms with E-state index in [-0.39, 0.29) is 18.4 Å². The first-order chi connectivity index (χ1) is 15.4. The number of carbonyl (C=O) groups excluding carboxylic acids is 2. The second kappa shape index (κ2) is 9.06. The number of rotatable bonds is 6. The fourth-order valence-electron chi connectivity index (χ4n) is 3.68. The maximum absolute atomic E-state index is 12.9. The zero-order valence-electron chi connectivity index (χ0n) is 17.8. The summed E-state index contributed by atoms with van der Waals surface area (Å²) in [5.41, 5.74) is 0.930. The molecule has 0 saturated heterocycles. The van der Waals surface area contributed by atoms with E-state index < -0.39 is 17.6 Å². The summed E-state index contributed by atoms with van der Waals surface area (Å²) >= 11 is 0. The van der Waals surface area contributed by atoms with Crippen LogP contribution in [-0.2, 0) is 16.1 Å². The van der Waals surface area contributed by atoms with Gasteiger partial charge in [0.05, 0.1) is 0 Å². The summed E-state index contributed by atoms with van der Waals surface area (Å²) in [6.07, 6.45) is 0. The lowest BCUT2D eigenvalue weighted by molar-refractivity contribution is -0.148. The van der Waals surface area contributed by atoms with Gasteiger partial charge in [-0.1, -0.05) is 62.4 Å². The number of amides is 1. The number of hydrogen-bond acceptors (Lipinski definition) is 5. The molecule has 162 valence electrons. The van der Waals surface area contributed by atoms with E-state index in [2.05, 4.69) is 5.32 Å². The third kappa shape index (κ3) is 4.39. The van der Waals surface area contributed by atoms with Gasteiger partial charge in [0, 0.05) is 22.6 Å². The predicted octanol–water partition coefficient (Wildman–Crippen LogP) is 4.44. The van der Waals surface area contributed by atoms with Crippen molar-refractivity contribution < 1.29 is 18.7 Å². The highest BCUT2D eigenvalue weighted by molar-refractivity contribution is 6.07. The van der Waals surface area contributed by atoms with Gasteiger partial charge >= 0.3 is 11.6 Å². The van der Waals surface area contributed by atoms with Crippen LogP contribution in [0.4, 0.5) is 0 Å². The van der Waals surface area contributed by atoms with Gasteiger partial charge in [-0.25, -0.2) is 9.59 Å². The number of benzene rings is 3. The van der Waals surface area contributed by atoms with Gasteiger partial charge in [-0.05, 0) is 34.9 Å². The standard InChI is InChI=1S/C26H23NO5/c1-16(2)24(27-25(29)18-9-4-3-5-10-18)26(30)31-15-19-14-22(28)32-21-13-12-17-8-6-7-11-20(17)23(19)21/h3-14,16,24H,15H2,1-2H3,(H,27,29). The van der Waals surface area contributed by atoms with Crippen LogP contribution in [0.2, 0.25) is 0 Å². The summed E-state index contributed by atoms with van der Waals surface area (Å²) in [7, 11) is 0. The molecule has 0 radical (unpaired) electrons. The Balaban J connectivity index is 1.59. The van der Waals surface area contributed by atoms with Gasteiger partial charge in [0.2, 0.25) is 0 Å². The Morgan fingerprint density at radius 1 is 0.969 bits per heavy atom. The van der Waals surface area contributed by atoms with Crippen LogP contribution >= 0.6 is 0 Å². The molecule has 1 N–H and O–H groups in total. The molecule has 1 aromatic heterocycles. The second-order valence-electron chi connectivity index (χ2n) is 7.92. The molecule has 0 aliphatic carbocycles. The van der Waals surface area contributed by atoms with Crippen molar-refractivity contribution in [2.75, 3.05) is 0 Å². The molecular formula is C26H23NO5. The Kier molecular flexibility index (Phi) is 6.03.